The van der Waals surface area contributed by atoms with Crippen molar-refractivity contribution in [2.24, 2.45) is 13.0 Å². The first-order chi connectivity index (χ1) is 21.0. The maximum Gasteiger partial charge on any atom is 0.229 e. The van der Waals surface area contributed by atoms with Gasteiger partial charge in [0.25, 0.3) is 0 Å². The fourth-order valence-electron chi connectivity index (χ4n) is 6.26. The molecule has 10 nitrogen and oxygen atoms in total. The first kappa shape index (κ1) is 32.5. The number of aromatic nitrogens is 4. The number of benzene rings is 1. The normalized spacial score (nSPS) is 19.0. The molecular formula is C32H46ClN7O3S. The summed E-state index contributed by atoms with van der Waals surface area (Å²) < 4.78 is 33.9. The van der Waals surface area contributed by atoms with Gasteiger partial charge in [0, 0.05) is 19.3 Å². The summed E-state index contributed by atoms with van der Waals surface area (Å²) in [6.07, 6.45) is 10.2. The summed E-state index contributed by atoms with van der Waals surface area (Å²) >= 11 is 6.48. The molecule has 2 aliphatic carbocycles. The lowest BCUT2D eigenvalue weighted by Gasteiger charge is -2.36. The zero-order valence-electron chi connectivity index (χ0n) is 26.7. The zero-order chi connectivity index (χ0) is 31.6. The Balaban J connectivity index is 1.38. The molecule has 3 aromatic rings. The minimum absolute atomic E-state index is 0.0144. The Morgan fingerprint density at radius 1 is 1.07 bits per heavy atom. The Hall–Kier alpha value is -2.89. The van der Waals surface area contributed by atoms with E-state index < -0.39 is 9.84 Å². The Kier molecular flexibility index (Phi) is 10.1. The van der Waals surface area contributed by atoms with Gasteiger partial charge in [0.05, 0.1) is 29.4 Å². The van der Waals surface area contributed by atoms with Crippen LogP contribution < -0.4 is 15.4 Å². The average Bonchev–Trinajstić information content (AvgIpc) is 3.71. The molecule has 2 aromatic heterocycles. The lowest BCUT2D eigenvalue weighted by molar-refractivity contribution is 0.163. The molecule has 0 amide bonds. The van der Waals surface area contributed by atoms with Gasteiger partial charge in [-0.3, -0.25) is 4.68 Å². The minimum Gasteiger partial charge on any atom is -0.488 e. The van der Waals surface area contributed by atoms with Gasteiger partial charge in [-0.05, 0) is 93.6 Å². The van der Waals surface area contributed by atoms with Crippen molar-refractivity contribution in [1.29, 1.82) is 0 Å². The van der Waals surface area contributed by atoms with Crippen LogP contribution in [0, 0.1) is 12.8 Å². The third-order valence-corrected chi connectivity index (χ3v) is 10.8. The van der Waals surface area contributed by atoms with E-state index in [1.54, 1.807) is 13.2 Å². The van der Waals surface area contributed by atoms with Gasteiger partial charge >= 0.3 is 0 Å². The van der Waals surface area contributed by atoms with Gasteiger partial charge in [-0.2, -0.15) is 10.1 Å². The summed E-state index contributed by atoms with van der Waals surface area (Å²) in [7, 11) is -1.94. The number of rotatable bonds is 13. The summed E-state index contributed by atoms with van der Waals surface area (Å²) in [5.41, 5.74) is 3.68. The van der Waals surface area contributed by atoms with Crippen molar-refractivity contribution in [2.75, 3.05) is 29.5 Å². The van der Waals surface area contributed by atoms with E-state index in [0.717, 1.165) is 37.4 Å². The number of aryl methyl sites for hydroxylation is 2. The molecule has 0 bridgehead atoms. The van der Waals surface area contributed by atoms with E-state index in [0.29, 0.717) is 23.6 Å². The van der Waals surface area contributed by atoms with Crippen molar-refractivity contribution < 1.29 is 13.2 Å². The second-order valence-corrected chi connectivity index (χ2v) is 14.9. The first-order valence-electron chi connectivity index (χ1n) is 15.9. The summed E-state index contributed by atoms with van der Waals surface area (Å²) in [5.74, 6) is 1.86. The maximum absolute atomic E-state index is 13.0. The molecule has 2 aliphatic rings. The van der Waals surface area contributed by atoms with Crippen LogP contribution in [-0.2, 0) is 16.9 Å². The van der Waals surface area contributed by atoms with Crippen LogP contribution in [-0.4, -0.2) is 64.1 Å². The fraction of sp³-hybridized carbons (Fsp3) is 0.594. The molecule has 5 rings (SSSR count). The van der Waals surface area contributed by atoms with Gasteiger partial charge < -0.3 is 20.3 Å². The van der Waals surface area contributed by atoms with E-state index in [4.69, 9.17) is 16.3 Å². The molecule has 2 N–H and O–H groups in total. The molecule has 0 aliphatic heterocycles. The summed E-state index contributed by atoms with van der Waals surface area (Å²) in [5, 5.41) is 10.9. The van der Waals surface area contributed by atoms with Crippen molar-refractivity contribution in [2.45, 2.75) is 96.2 Å². The first-order valence-corrected chi connectivity index (χ1v) is 17.9. The molecule has 2 heterocycles. The number of ether oxygens (including phenoxy) is 1. The highest BCUT2D eigenvalue weighted by Gasteiger charge is 2.30. The Morgan fingerprint density at radius 3 is 2.41 bits per heavy atom. The van der Waals surface area contributed by atoms with E-state index in [1.807, 2.05) is 13.8 Å². The molecule has 44 heavy (non-hydrogen) atoms. The second kappa shape index (κ2) is 13.6. The molecule has 0 unspecified atom stereocenters. The van der Waals surface area contributed by atoms with Crippen LogP contribution in [0.2, 0.25) is 5.02 Å². The second-order valence-electron chi connectivity index (χ2n) is 12.6. The van der Waals surface area contributed by atoms with E-state index in [9.17, 15) is 8.42 Å². The Bertz CT molecular complexity index is 1560. The lowest BCUT2D eigenvalue weighted by Crippen LogP contribution is -2.37. The van der Waals surface area contributed by atoms with E-state index in [-0.39, 0.29) is 33.6 Å². The minimum atomic E-state index is -3.62. The van der Waals surface area contributed by atoms with Crippen LogP contribution in [0.4, 0.5) is 23.1 Å². The smallest absolute Gasteiger partial charge is 0.229 e. The summed E-state index contributed by atoms with van der Waals surface area (Å²) in [6, 6.07) is 5.02. The van der Waals surface area contributed by atoms with Gasteiger partial charge in [-0.25, -0.2) is 13.4 Å². The molecule has 12 heteroatoms. The Morgan fingerprint density at radius 2 is 1.77 bits per heavy atom. The van der Waals surface area contributed by atoms with Crippen LogP contribution in [0.1, 0.15) is 83.3 Å². The predicted molar refractivity (Wildman–Crippen MR) is 176 cm³/mol. The fourth-order valence-corrected chi connectivity index (χ4v) is 8.13. The molecular weight excluding hydrogens is 598 g/mol. The van der Waals surface area contributed by atoms with Crippen LogP contribution in [0.3, 0.4) is 0 Å². The number of hydrogen-bond donors (Lipinski definition) is 2. The molecule has 1 aromatic carbocycles. The highest BCUT2D eigenvalue weighted by molar-refractivity contribution is 7.91. The SMILES string of the molecule is CCN(CC)[C@H]1CC[C@@H](c2cc(OC3CC3)c(Nc3ncc(Cl)c(Nc4cn(C)nc4S(=O)(=O)CC(C)C)n3)cc2C)CC1. The Labute approximate surface area is 266 Å². The van der Waals surface area contributed by atoms with Gasteiger partial charge in [0.15, 0.2) is 15.7 Å². The van der Waals surface area contributed by atoms with Crippen molar-refractivity contribution >= 4 is 44.6 Å². The zero-order valence-corrected chi connectivity index (χ0v) is 28.3. The van der Waals surface area contributed by atoms with Crippen LogP contribution in [0.5, 0.6) is 5.75 Å². The maximum atomic E-state index is 13.0. The van der Waals surface area contributed by atoms with Crippen LogP contribution >= 0.6 is 11.6 Å². The average molecular weight is 644 g/mol. The summed E-state index contributed by atoms with van der Waals surface area (Å²) in [6.45, 7) is 12.6. The van der Waals surface area contributed by atoms with Gasteiger partial charge in [-0.1, -0.05) is 39.3 Å². The number of anilines is 4. The number of hydrogen-bond acceptors (Lipinski definition) is 9. The van der Waals surface area contributed by atoms with Crippen molar-refractivity contribution in [1.82, 2.24) is 24.6 Å². The third kappa shape index (κ3) is 7.66. The van der Waals surface area contributed by atoms with E-state index >= 15 is 0 Å². The topological polar surface area (TPSA) is 114 Å². The third-order valence-electron chi connectivity index (χ3n) is 8.54. The molecule has 0 atom stereocenters. The quantitative estimate of drug-likeness (QED) is 0.203. The van der Waals surface area contributed by atoms with Crippen LogP contribution in [0.25, 0.3) is 0 Å². The number of nitrogens with zero attached hydrogens (tertiary/aromatic N) is 5. The standard InChI is InChI=1S/C32H46ClN7O3S/c1-7-40(8-2)23-11-9-22(10-12-23)25-16-29(43-24-13-14-24)27(15-21(25)5)36-32-34-17-26(33)30(37-32)35-28-18-39(6)38-31(28)44(41,42)19-20(3)4/h15-18,20,22-24H,7-14,19H2,1-6H3,(H2,34,35,36,37)/t22-,23+. The van der Waals surface area contributed by atoms with Gasteiger partial charge in [0.2, 0.25) is 11.0 Å². The van der Waals surface area contributed by atoms with E-state index in [1.165, 1.54) is 47.7 Å². The molecule has 2 saturated carbocycles. The highest BCUT2D eigenvalue weighted by atomic mass is 35.5. The molecule has 2 fully saturated rings. The lowest BCUT2D eigenvalue weighted by atomic mass is 9.79. The highest BCUT2D eigenvalue weighted by Crippen LogP contribution is 2.42. The van der Waals surface area contributed by atoms with E-state index in [2.05, 4.69) is 63.5 Å². The van der Waals surface area contributed by atoms with Crippen molar-refractivity contribution in [3.63, 3.8) is 0 Å². The molecule has 0 radical (unpaired) electrons. The monoisotopic (exact) mass is 643 g/mol. The number of halogens is 1. The summed E-state index contributed by atoms with van der Waals surface area (Å²) in [4.78, 5) is 11.6. The van der Waals surface area contributed by atoms with Crippen LogP contribution in [0.15, 0.2) is 29.6 Å². The van der Waals surface area contributed by atoms with Crippen molar-refractivity contribution in [3.8, 4) is 5.75 Å². The van der Waals surface area contributed by atoms with Gasteiger partial charge in [-0.15, -0.1) is 0 Å². The molecule has 240 valence electrons. The molecule has 0 saturated heterocycles. The predicted octanol–water partition coefficient (Wildman–Crippen LogP) is 7.00. The number of nitrogens with one attached hydrogen (secondary N) is 2. The number of sulfone groups is 1. The largest absolute Gasteiger partial charge is 0.488 e. The molecule has 0 spiro atoms. The van der Waals surface area contributed by atoms with Gasteiger partial charge in [0.1, 0.15) is 10.8 Å². The van der Waals surface area contributed by atoms with Crippen molar-refractivity contribution in [3.05, 3.63) is 40.7 Å².